The van der Waals surface area contributed by atoms with Crippen molar-refractivity contribution in [2.45, 2.75) is 39.0 Å². The number of alkyl carbamates (subject to hydrolysis) is 1. The maximum Gasteiger partial charge on any atom is 0.407 e. The number of hydrogen-bond acceptors (Lipinski definition) is 4. The summed E-state index contributed by atoms with van der Waals surface area (Å²) in [4.78, 5) is 38.1. The van der Waals surface area contributed by atoms with Crippen LogP contribution in [0.3, 0.4) is 0 Å². The molecular weight excluding hydrogens is 444 g/mol. The molecule has 186 valence electrons. The maximum atomic E-state index is 12.7. The number of nitrogens with zero attached hydrogens (tertiary/aromatic N) is 1. The topological polar surface area (TPSA) is 95.9 Å². The molecule has 7 nitrogen and oxygen atoms in total. The number of hydrogen-bond donors (Lipinski definition) is 2. The highest BCUT2D eigenvalue weighted by atomic mass is 16.5. The zero-order chi connectivity index (χ0) is 24.9. The lowest BCUT2D eigenvalue weighted by Gasteiger charge is -2.35. The van der Waals surface area contributed by atoms with Crippen molar-refractivity contribution >= 4 is 18.0 Å². The third-order valence-electron chi connectivity index (χ3n) is 7.40. The SMILES string of the molecule is CC(CCNC(=O)OCC1c2ccccc2-c2ccccc21)CC(=O)N1CCC(C)C(C(=O)O)C1. The van der Waals surface area contributed by atoms with Crippen molar-refractivity contribution in [1.29, 1.82) is 0 Å². The molecule has 2 amide bonds. The summed E-state index contributed by atoms with van der Waals surface area (Å²) in [5.74, 6) is -1.19. The number of carboxylic acids is 1. The van der Waals surface area contributed by atoms with Crippen LogP contribution in [-0.2, 0) is 14.3 Å². The first-order valence-corrected chi connectivity index (χ1v) is 12.4. The highest BCUT2D eigenvalue weighted by Crippen LogP contribution is 2.44. The molecule has 0 spiro atoms. The second kappa shape index (κ2) is 10.9. The van der Waals surface area contributed by atoms with Gasteiger partial charge in [0.05, 0.1) is 5.92 Å². The van der Waals surface area contributed by atoms with Crippen LogP contribution >= 0.6 is 0 Å². The van der Waals surface area contributed by atoms with Gasteiger partial charge in [-0.25, -0.2) is 4.79 Å². The van der Waals surface area contributed by atoms with Crippen molar-refractivity contribution in [3.63, 3.8) is 0 Å². The zero-order valence-corrected chi connectivity index (χ0v) is 20.4. The van der Waals surface area contributed by atoms with Gasteiger partial charge in [-0.15, -0.1) is 0 Å². The molecule has 3 unspecified atom stereocenters. The Morgan fingerprint density at radius 2 is 1.71 bits per heavy atom. The number of nitrogens with one attached hydrogen (secondary N) is 1. The summed E-state index contributed by atoms with van der Waals surface area (Å²) in [6, 6.07) is 16.4. The predicted molar refractivity (Wildman–Crippen MR) is 133 cm³/mol. The second-order valence-corrected chi connectivity index (χ2v) is 9.90. The minimum atomic E-state index is -0.838. The van der Waals surface area contributed by atoms with Crippen LogP contribution in [0.1, 0.15) is 50.2 Å². The highest BCUT2D eigenvalue weighted by molar-refractivity contribution is 5.79. The van der Waals surface area contributed by atoms with Crippen LogP contribution in [0, 0.1) is 17.8 Å². The summed E-state index contributed by atoms with van der Waals surface area (Å²) in [5, 5.41) is 12.2. The van der Waals surface area contributed by atoms with Crippen molar-refractivity contribution in [3.8, 4) is 11.1 Å². The first-order chi connectivity index (χ1) is 16.8. The number of carboxylic acid groups (broad SMARTS) is 1. The predicted octanol–water partition coefficient (Wildman–Crippen LogP) is 4.51. The molecule has 0 aromatic heterocycles. The third-order valence-corrected chi connectivity index (χ3v) is 7.40. The average Bonchev–Trinajstić information content (AvgIpc) is 3.16. The van der Waals surface area contributed by atoms with E-state index in [4.69, 9.17) is 4.74 Å². The van der Waals surface area contributed by atoms with E-state index in [-0.39, 0.29) is 36.8 Å². The molecule has 2 N–H and O–H groups in total. The van der Waals surface area contributed by atoms with Gasteiger partial charge in [-0.3, -0.25) is 9.59 Å². The Hall–Kier alpha value is -3.35. The first kappa shape index (κ1) is 24.8. The van der Waals surface area contributed by atoms with E-state index in [1.54, 1.807) is 4.90 Å². The lowest BCUT2D eigenvalue weighted by molar-refractivity contribution is -0.148. The minimum absolute atomic E-state index is 0.0169. The molecule has 0 radical (unpaired) electrons. The van der Waals surface area contributed by atoms with Crippen LogP contribution < -0.4 is 5.32 Å². The molecule has 1 aliphatic carbocycles. The van der Waals surface area contributed by atoms with Gasteiger partial charge in [-0.05, 0) is 46.9 Å². The number of piperidine rings is 1. The number of carbonyl (C=O) groups is 3. The number of ether oxygens (including phenoxy) is 1. The van der Waals surface area contributed by atoms with E-state index in [9.17, 15) is 19.5 Å². The van der Waals surface area contributed by atoms with Crippen molar-refractivity contribution in [2.24, 2.45) is 17.8 Å². The van der Waals surface area contributed by atoms with Gasteiger partial charge in [0.1, 0.15) is 6.61 Å². The standard InChI is InChI=1S/C28H34N2O5/c1-18(15-26(31)30-14-12-19(2)24(16-30)27(32)33)11-13-29-28(34)35-17-25-22-9-5-3-7-20(22)21-8-4-6-10-23(21)25/h3-10,18-19,24-25H,11-17H2,1-2H3,(H,29,34)(H,32,33). The molecule has 1 aliphatic heterocycles. The van der Waals surface area contributed by atoms with Gasteiger partial charge in [0.25, 0.3) is 0 Å². The molecule has 7 heteroatoms. The van der Waals surface area contributed by atoms with Gasteiger partial charge >= 0.3 is 12.1 Å². The van der Waals surface area contributed by atoms with Gasteiger partial charge in [-0.2, -0.15) is 0 Å². The maximum absolute atomic E-state index is 12.7. The normalized spacial score (nSPS) is 20.0. The van der Waals surface area contributed by atoms with Crippen molar-refractivity contribution in [2.75, 3.05) is 26.2 Å². The smallest absolute Gasteiger partial charge is 0.407 e. The lowest BCUT2D eigenvalue weighted by Crippen LogP contribution is -2.46. The molecule has 35 heavy (non-hydrogen) atoms. The van der Waals surface area contributed by atoms with Gasteiger partial charge < -0.3 is 20.1 Å². The van der Waals surface area contributed by atoms with Crippen molar-refractivity contribution < 1.29 is 24.2 Å². The summed E-state index contributed by atoms with van der Waals surface area (Å²) in [7, 11) is 0. The molecule has 1 heterocycles. The Kier molecular flexibility index (Phi) is 7.73. The molecule has 3 atom stereocenters. The second-order valence-electron chi connectivity index (χ2n) is 9.90. The monoisotopic (exact) mass is 478 g/mol. The number of rotatable bonds is 8. The van der Waals surface area contributed by atoms with Crippen LogP contribution in [0.5, 0.6) is 0 Å². The number of amides is 2. The fraction of sp³-hybridized carbons (Fsp3) is 0.464. The Morgan fingerprint density at radius 1 is 1.09 bits per heavy atom. The fourth-order valence-electron chi connectivity index (χ4n) is 5.22. The molecule has 1 fully saturated rings. The van der Waals surface area contributed by atoms with Crippen LogP contribution in [0.15, 0.2) is 48.5 Å². The molecule has 2 aromatic carbocycles. The van der Waals surface area contributed by atoms with Crippen LogP contribution in [0.25, 0.3) is 11.1 Å². The van der Waals surface area contributed by atoms with Gasteiger partial charge in [-0.1, -0.05) is 62.4 Å². The van der Waals surface area contributed by atoms with Crippen LogP contribution in [0.4, 0.5) is 4.79 Å². The first-order valence-electron chi connectivity index (χ1n) is 12.4. The van der Waals surface area contributed by atoms with Gasteiger partial charge in [0.2, 0.25) is 5.91 Å². The lowest BCUT2D eigenvalue weighted by atomic mass is 9.87. The van der Waals surface area contributed by atoms with E-state index in [1.165, 1.54) is 22.3 Å². The van der Waals surface area contributed by atoms with E-state index in [0.29, 0.717) is 32.4 Å². The van der Waals surface area contributed by atoms with E-state index in [1.807, 2.05) is 38.1 Å². The molecular formula is C28H34N2O5. The number of carbonyl (C=O) groups excluding carboxylic acids is 2. The number of aliphatic carboxylic acids is 1. The molecule has 4 rings (SSSR count). The molecule has 2 aromatic rings. The van der Waals surface area contributed by atoms with Crippen molar-refractivity contribution in [1.82, 2.24) is 10.2 Å². The summed E-state index contributed by atoms with van der Waals surface area (Å²) in [6.07, 6.45) is 1.23. The molecule has 1 saturated heterocycles. The largest absolute Gasteiger partial charge is 0.481 e. The fourth-order valence-corrected chi connectivity index (χ4v) is 5.22. The Morgan fingerprint density at radius 3 is 2.34 bits per heavy atom. The quantitative estimate of drug-likeness (QED) is 0.582. The summed E-state index contributed by atoms with van der Waals surface area (Å²) in [6.45, 7) is 5.47. The van der Waals surface area contributed by atoms with Crippen LogP contribution in [-0.4, -0.2) is 54.2 Å². The summed E-state index contributed by atoms with van der Waals surface area (Å²) < 4.78 is 5.56. The zero-order valence-electron chi connectivity index (χ0n) is 20.4. The third kappa shape index (κ3) is 5.66. The highest BCUT2D eigenvalue weighted by Gasteiger charge is 2.33. The van der Waals surface area contributed by atoms with E-state index >= 15 is 0 Å². The van der Waals surface area contributed by atoms with E-state index in [0.717, 1.165) is 0 Å². The number of likely N-dealkylation sites (tertiary alicyclic amines) is 1. The van der Waals surface area contributed by atoms with Crippen molar-refractivity contribution in [3.05, 3.63) is 59.7 Å². The van der Waals surface area contributed by atoms with Crippen LogP contribution in [0.2, 0.25) is 0 Å². The van der Waals surface area contributed by atoms with E-state index < -0.39 is 18.0 Å². The average molecular weight is 479 g/mol. The molecule has 0 saturated carbocycles. The van der Waals surface area contributed by atoms with Gasteiger partial charge in [0.15, 0.2) is 0 Å². The summed E-state index contributed by atoms with van der Waals surface area (Å²) >= 11 is 0. The number of benzene rings is 2. The molecule has 2 aliphatic rings. The Labute approximate surface area is 206 Å². The van der Waals surface area contributed by atoms with Gasteiger partial charge in [0, 0.05) is 32.0 Å². The Bertz CT molecular complexity index is 1040. The Balaban J connectivity index is 1.20. The number of fused-ring (bicyclic) bond motifs is 3. The van der Waals surface area contributed by atoms with E-state index in [2.05, 4.69) is 29.6 Å². The minimum Gasteiger partial charge on any atom is -0.481 e. The molecule has 0 bridgehead atoms. The summed E-state index contributed by atoms with van der Waals surface area (Å²) in [5.41, 5.74) is 4.72.